The van der Waals surface area contributed by atoms with Gasteiger partial charge in [-0.25, -0.2) is 0 Å². The predicted molar refractivity (Wildman–Crippen MR) is 64.3 cm³/mol. The van der Waals surface area contributed by atoms with Gasteiger partial charge in [-0.05, 0) is 25.7 Å². The Balaban J connectivity index is 2.86. The van der Waals surface area contributed by atoms with Gasteiger partial charge in [-0.1, -0.05) is 52.0 Å². The molecule has 0 radical (unpaired) electrons. The van der Waals surface area contributed by atoms with Gasteiger partial charge >= 0.3 is 0 Å². The third-order valence-electron chi connectivity index (χ3n) is 4.13. The zero-order valence-electron chi connectivity index (χ0n) is 10.1. The van der Waals surface area contributed by atoms with Gasteiger partial charge in [-0.3, -0.25) is 0 Å². The van der Waals surface area contributed by atoms with Crippen molar-refractivity contribution in [2.75, 3.05) is 0 Å². The van der Waals surface area contributed by atoms with E-state index in [4.69, 9.17) is 0 Å². The zero-order chi connectivity index (χ0) is 10.7. The minimum Gasteiger partial charge on any atom is -0.0777 e. The summed E-state index contributed by atoms with van der Waals surface area (Å²) in [4.78, 5) is 0. The van der Waals surface area contributed by atoms with Crippen LogP contribution in [0.1, 0.15) is 53.4 Å². The highest BCUT2D eigenvalue weighted by Gasteiger charge is 2.28. The van der Waals surface area contributed by atoms with Gasteiger partial charge in [0.25, 0.3) is 0 Å². The van der Waals surface area contributed by atoms with E-state index in [9.17, 15) is 0 Å². The van der Waals surface area contributed by atoms with E-state index in [1.165, 1.54) is 25.7 Å². The largest absolute Gasteiger partial charge is 0.0777 e. The van der Waals surface area contributed by atoms with Crippen LogP contribution in [0.5, 0.6) is 0 Å². The summed E-state index contributed by atoms with van der Waals surface area (Å²) in [5, 5.41) is 0. The highest BCUT2D eigenvalue weighted by atomic mass is 14.3. The molecule has 1 aliphatic carbocycles. The summed E-state index contributed by atoms with van der Waals surface area (Å²) in [7, 11) is 0. The van der Waals surface area contributed by atoms with Gasteiger partial charge in [0.05, 0.1) is 0 Å². The van der Waals surface area contributed by atoms with Crippen molar-refractivity contribution in [3.8, 4) is 0 Å². The molecule has 0 saturated heterocycles. The molecule has 0 spiro atoms. The molecule has 0 heterocycles. The fourth-order valence-electron chi connectivity index (χ4n) is 2.22. The van der Waals surface area contributed by atoms with E-state index < -0.39 is 0 Å². The molecule has 0 aromatic carbocycles. The van der Waals surface area contributed by atoms with E-state index >= 15 is 0 Å². The van der Waals surface area contributed by atoms with E-state index in [0.29, 0.717) is 10.8 Å². The van der Waals surface area contributed by atoms with Crippen LogP contribution < -0.4 is 0 Å². The van der Waals surface area contributed by atoms with Crippen LogP contribution >= 0.6 is 0 Å². The van der Waals surface area contributed by atoms with Gasteiger partial charge < -0.3 is 0 Å². The molecule has 0 bridgehead atoms. The molecule has 0 aromatic rings. The number of hydrogen-bond acceptors (Lipinski definition) is 0. The summed E-state index contributed by atoms with van der Waals surface area (Å²) in [6, 6.07) is 0. The van der Waals surface area contributed by atoms with Crippen LogP contribution in [0.4, 0.5) is 0 Å². The van der Waals surface area contributed by atoms with Gasteiger partial charge in [0.1, 0.15) is 0 Å². The summed E-state index contributed by atoms with van der Waals surface area (Å²) >= 11 is 0. The maximum Gasteiger partial charge on any atom is 0.00563 e. The van der Waals surface area contributed by atoms with Crippen molar-refractivity contribution in [3.63, 3.8) is 0 Å². The molecule has 1 rings (SSSR count). The Labute approximate surface area is 89.1 Å². The molecule has 0 unspecified atom stereocenters. The highest BCUT2D eigenvalue weighted by molar-refractivity contribution is 5.25. The van der Waals surface area contributed by atoms with Crippen LogP contribution in [0.2, 0.25) is 0 Å². The topological polar surface area (TPSA) is 0 Å². The lowest BCUT2D eigenvalue weighted by Gasteiger charge is -2.35. The van der Waals surface area contributed by atoms with Crippen LogP contribution in [-0.2, 0) is 0 Å². The van der Waals surface area contributed by atoms with Crippen LogP contribution in [0, 0.1) is 10.8 Å². The second-order valence-electron chi connectivity index (χ2n) is 4.55. The Morgan fingerprint density at radius 1 is 0.571 bits per heavy atom. The molecule has 1 aliphatic rings. The van der Waals surface area contributed by atoms with Crippen molar-refractivity contribution in [1.29, 1.82) is 0 Å². The zero-order valence-corrected chi connectivity index (χ0v) is 10.1. The van der Waals surface area contributed by atoms with Crippen molar-refractivity contribution in [1.82, 2.24) is 0 Å². The Hall–Kier alpha value is -0.520. The SMILES string of the molecule is CCC1(CC)C=CC(CC)(CC)C=C1. The Bertz CT molecular complexity index is 182. The Kier molecular flexibility index (Phi) is 3.58. The van der Waals surface area contributed by atoms with Crippen LogP contribution in [0.25, 0.3) is 0 Å². The summed E-state index contributed by atoms with van der Waals surface area (Å²) in [5.74, 6) is 0. The molecule has 0 fully saturated rings. The van der Waals surface area contributed by atoms with Crippen molar-refractivity contribution in [2.45, 2.75) is 53.4 Å². The third-order valence-corrected chi connectivity index (χ3v) is 4.13. The summed E-state index contributed by atoms with van der Waals surface area (Å²) in [6.07, 6.45) is 14.7. The smallest absolute Gasteiger partial charge is 0.00563 e. The number of allylic oxidation sites excluding steroid dienone is 4. The third kappa shape index (κ3) is 1.94. The molecule has 0 nitrogen and oxygen atoms in total. The van der Waals surface area contributed by atoms with E-state index in [2.05, 4.69) is 52.0 Å². The van der Waals surface area contributed by atoms with E-state index in [1.54, 1.807) is 0 Å². The molecule has 0 aromatic heterocycles. The molecule has 0 heteroatoms. The molecular formula is C14H24. The first kappa shape index (κ1) is 11.6. The maximum absolute atomic E-state index is 2.44. The van der Waals surface area contributed by atoms with E-state index in [-0.39, 0.29) is 0 Å². The first-order chi connectivity index (χ1) is 6.66. The van der Waals surface area contributed by atoms with E-state index in [0.717, 1.165) is 0 Å². The van der Waals surface area contributed by atoms with Gasteiger partial charge in [-0.2, -0.15) is 0 Å². The van der Waals surface area contributed by atoms with Crippen molar-refractivity contribution >= 4 is 0 Å². The van der Waals surface area contributed by atoms with Gasteiger partial charge in [0.2, 0.25) is 0 Å². The molecule has 80 valence electrons. The second kappa shape index (κ2) is 4.33. The molecule has 0 amide bonds. The lowest BCUT2D eigenvalue weighted by molar-refractivity contribution is 0.389. The summed E-state index contributed by atoms with van der Waals surface area (Å²) in [5.41, 5.74) is 0.710. The lowest BCUT2D eigenvalue weighted by atomic mass is 9.70. The Morgan fingerprint density at radius 3 is 0.929 bits per heavy atom. The van der Waals surface area contributed by atoms with Crippen molar-refractivity contribution in [3.05, 3.63) is 24.3 Å². The van der Waals surface area contributed by atoms with Gasteiger partial charge in [0, 0.05) is 10.8 Å². The normalized spacial score (nSPS) is 22.6. The van der Waals surface area contributed by atoms with Crippen LogP contribution in [-0.4, -0.2) is 0 Å². The predicted octanol–water partition coefficient (Wildman–Crippen LogP) is 4.73. The van der Waals surface area contributed by atoms with Gasteiger partial charge in [-0.15, -0.1) is 0 Å². The first-order valence-electron chi connectivity index (χ1n) is 6.06. The van der Waals surface area contributed by atoms with Crippen LogP contribution in [0.15, 0.2) is 24.3 Å². The standard InChI is InChI=1S/C14H24/c1-5-13(6-2)9-11-14(7-3,8-4)12-10-13/h9-12H,5-8H2,1-4H3. The average molecular weight is 192 g/mol. The van der Waals surface area contributed by atoms with Crippen molar-refractivity contribution < 1.29 is 0 Å². The lowest BCUT2D eigenvalue weighted by Crippen LogP contribution is -2.22. The number of hydrogen-bond donors (Lipinski definition) is 0. The minimum absolute atomic E-state index is 0.355. The monoisotopic (exact) mass is 192 g/mol. The fraction of sp³-hybridized carbons (Fsp3) is 0.714. The quantitative estimate of drug-likeness (QED) is 0.565. The minimum atomic E-state index is 0.355. The average Bonchev–Trinajstić information content (AvgIpc) is 2.29. The van der Waals surface area contributed by atoms with Crippen LogP contribution in [0.3, 0.4) is 0 Å². The van der Waals surface area contributed by atoms with Gasteiger partial charge in [0.15, 0.2) is 0 Å². The molecular weight excluding hydrogens is 168 g/mol. The molecule has 0 aliphatic heterocycles. The fourth-order valence-corrected chi connectivity index (χ4v) is 2.22. The van der Waals surface area contributed by atoms with Crippen molar-refractivity contribution in [2.24, 2.45) is 10.8 Å². The Morgan fingerprint density at radius 2 is 0.786 bits per heavy atom. The number of rotatable bonds is 4. The maximum atomic E-state index is 2.44. The molecule has 0 atom stereocenters. The first-order valence-corrected chi connectivity index (χ1v) is 6.06. The van der Waals surface area contributed by atoms with E-state index in [1.807, 2.05) is 0 Å². The molecule has 0 saturated carbocycles. The summed E-state index contributed by atoms with van der Waals surface area (Å²) in [6.45, 7) is 9.12. The second-order valence-corrected chi connectivity index (χ2v) is 4.55. The molecule has 0 N–H and O–H groups in total. The summed E-state index contributed by atoms with van der Waals surface area (Å²) < 4.78 is 0. The molecule has 14 heavy (non-hydrogen) atoms. The highest BCUT2D eigenvalue weighted by Crippen LogP contribution is 2.41.